The smallest absolute Gasteiger partial charge is 0.0832 e. The molecule has 2 N–H and O–H groups in total. The first-order chi connectivity index (χ1) is 8.97. The van der Waals surface area contributed by atoms with Gasteiger partial charge in [0.1, 0.15) is 0 Å². The molecule has 2 aromatic rings. The minimum Gasteiger partial charge on any atom is -0.328 e. The van der Waals surface area contributed by atoms with Gasteiger partial charge in [0.05, 0.1) is 16.4 Å². The molecule has 0 radical (unpaired) electrons. The second-order valence-corrected chi connectivity index (χ2v) is 5.71. The van der Waals surface area contributed by atoms with Crippen LogP contribution in [0.5, 0.6) is 0 Å². The van der Waals surface area contributed by atoms with Gasteiger partial charge in [0.15, 0.2) is 0 Å². The number of hydrogen-bond donors (Lipinski definition) is 1. The van der Waals surface area contributed by atoms with Crippen molar-refractivity contribution in [2.24, 2.45) is 5.73 Å². The monoisotopic (exact) mass is 277 g/mol. The quantitative estimate of drug-likeness (QED) is 0.929. The van der Waals surface area contributed by atoms with E-state index >= 15 is 0 Å². The van der Waals surface area contributed by atoms with Crippen molar-refractivity contribution < 1.29 is 0 Å². The summed E-state index contributed by atoms with van der Waals surface area (Å²) in [6.45, 7) is 6.24. The molecule has 1 unspecified atom stereocenters. The zero-order valence-electron chi connectivity index (χ0n) is 11.6. The molecule has 3 nitrogen and oxygen atoms in total. The molecular formula is C15H20ClN3. The molecule has 1 atom stereocenters. The highest BCUT2D eigenvalue weighted by Gasteiger charge is 2.09. The molecule has 0 saturated carbocycles. The van der Waals surface area contributed by atoms with Crippen molar-refractivity contribution in [2.45, 2.75) is 39.2 Å². The molecule has 2 rings (SSSR count). The lowest BCUT2D eigenvalue weighted by Crippen LogP contribution is -2.17. The van der Waals surface area contributed by atoms with E-state index in [4.69, 9.17) is 17.3 Å². The second kappa shape index (κ2) is 5.76. The number of nitrogens with two attached hydrogens (primary N) is 1. The van der Waals surface area contributed by atoms with Crippen LogP contribution in [0.4, 0.5) is 0 Å². The molecule has 19 heavy (non-hydrogen) atoms. The van der Waals surface area contributed by atoms with E-state index in [0.29, 0.717) is 10.9 Å². The summed E-state index contributed by atoms with van der Waals surface area (Å²) in [5.41, 5.74) is 8.92. The van der Waals surface area contributed by atoms with E-state index < -0.39 is 0 Å². The van der Waals surface area contributed by atoms with E-state index in [9.17, 15) is 0 Å². The van der Waals surface area contributed by atoms with Crippen LogP contribution >= 0.6 is 11.6 Å². The lowest BCUT2D eigenvalue weighted by Gasteiger charge is -2.09. The van der Waals surface area contributed by atoms with Crippen LogP contribution in [0.2, 0.25) is 5.02 Å². The predicted octanol–water partition coefficient (Wildman–Crippen LogP) is 3.54. The van der Waals surface area contributed by atoms with Gasteiger partial charge in [-0.25, -0.2) is 4.68 Å². The Kier molecular flexibility index (Phi) is 4.27. The Morgan fingerprint density at radius 2 is 2.00 bits per heavy atom. The van der Waals surface area contributed by atoms with Crippen molar-refractivity contribution in [3.8, 4) is 5.69 Å². The van der Waals surface area contributed by atoms with Crippen LogP contribution in [-0.4, -0.2) is 15.8 Å². The fourth-order valence-electron chi connectivity index (χ4n) is 2.02. The number of aromatic nitrogens is 2. The van der Waals surface area contributed by atoms with Gasteiger partial charge in [0, 0.05) is 12.2 Å². The van der Waals surface area contributed by atoms with E-state index in [-0.39, 0.29) is 6.04 Å². The zero-order chi connectivity index (χ0) is 14.0. The molecule has 0 saturated heterocycles. The van der Waals surface area contributed by atoms with Crippen LogP contribution in [0.15, 0.2) is 30.5 Å². The highest BCUT2D eigenvalue weighted by molar-refractivity contribution is 6.32. The van der Waals surface area contributed by atoms with Crippen molar-refractivity contribution in [2.75, 3.05) is 0 Å². The van der Waals surface area contributed by atoms with Gasteiger partial charge in [-0.1, -0.05) is 31.5 Å². The summed E-state index contributed by atoms with van der Waals surface area (Å²) < 4.78 is 1.83. The van der Waals surface area contributed by atoms with Crippen molar-refractivity contribution in [3.05, 3.63) is 46.7 Å². The number of benzene rings is 1. The molecule has 1 aromatic heterocycles. The summed E-state index contributed by atoms with van der Waals surface area (Å²) in [6.07, 6.45) is 2.78. The van der Waals surface area contributed by atoms with Gasteiger partial charge in [-0.2, -0.15) is 5.10 Å². The molecule has 0 aliphatic carbocycles. The fourth-order valence-corrected chi connectivity index (χ4v) is 2.30. The Hall–Kier alpha value is -1.32. The first-order valence-electron chi connectivity index (χ1n) is 6.57. The van der Waals surface area contributed by atoms with Gasteiger partial charge in [-0.3, -0.25) is 0 Å². The zero-order valence-corrected chi connectivity index (χ0v) is 12.4. The molecular weight excluding hydrogens is 258 g/mol. The summed E-state index contributed by atoms with van der Waals surface area (Å²) in [5, 5.41) is 5.24. The topological polar surface area (TPSA) is 43.8 Å². The van der Waals surface area contributed by atoms with E-state index in [0.717, 1.165) is 23.4 Å². The van der Waals surface area contributed by atoms with E-state index in [1.165, 1.54) is 0 Å². The van der Waals surface area contributed by atoms with Crippen LogP contribution in [0, 0.1) is 0 Å². The summed E-state index contributed by atoms with van der Waals surface area (Å²) >= 11 is 6.33. The van der Waals surface area contributed by atoms with E-state index in [2.05, 4.69) is 25.0 Å². The first-order valence-corrected chi connectivity index (χ1v) is 6.95. The van der Waals surface area contributed by atoms with Gasteiger partial charge in [-0.05, 0) is 43.0 Å². The molecule has 0 amide bonds. The van der Waals surface area contributed by atoms with Crippen molar-refractivity contribution in [1.82, 2.24) is 9.78 Å². The first kappa shape index (κ1) is 14.1. The Morgan fingerprint density at radius 3 is 2.53 bits per heavy atom. The molecule has 102 valence electrons. The Bertz CT molecular complexity index is 558. The highest BCUT2D eigenvalue weighted by atomic mass is 35.5. The molecule has 1 aromatic carbocycles. The summed E-state index contributed by atoms with van der Waals surface area (Å²) in [5.74, 6) is 0.414. The molecule has 1 heterocycles. The molecule has 0 spiro atoms. The molecule has 0 bridgehead atoms. The fraction of sp³-hybridized carbons (Fsp3) is 0.400. The predicted molar refractivity (Wildman–Crippen MR) is 80.0 cm³/mol. The Morgan fingerprint density at radius 1 is 1.26 bits per heavy atom. The third-order valence-electron chi connectivity index (χ3n) is 3.02. The average Bonchev–Trinajstić information content (AvgIpc) is 2.77. The van der Waals surface area contributed by atoms with Crippen molar-refractivity contribution in [3.63, 3.8) is 0 Å². The van der Waals surface area contributed by atoms with Crippen molar-refractivity contribution >= 4 is 11.6 Å². The minimum absolute atomic E-state index is 0.138. The normalized spacial score (nSPS) is 12.9. The third-order valence-corrected chi connectivity index (χ3v) is 3.32. The molecule has 4 heteroatoms. The maximum atomic E-state index is 6.33. The van der Waals surface area contributed by atoms with Crippen LogP contribution < -0.4 is 5.73 Å². The Labute approximate surface area is 119 Å². The van der Waals surface area contributed by atoms with Crippen LogP contribution in [0.1, 0.15) is 37.9 Å². The number of hydrogen-bond acceptors (Lipinski definition) is 2. The largest absolute Gasteiger partial charge is 0.328 e. The van der Waals surface area contributed by atoms with Crippen LogP contribution in [0.3, 0.4) is 0 Å². The summed E-state index contributed by atoms with van der Waals surface area (Å²) in [6, 6.07) is 8.19. The lowest BCUT2D eigenvalue weighted by atomic mass is 10.1. The third kappa shape index (κ3) is 3.37. The lowest BCUT2D eigenvalue weighted by molar-refractivity contribution is 0.736. The summed E-state index contributed by atoms with van der Waals surface area (Å²) in [4.78, 5) is 0. The van der Waals surface area contributed by atoms with E-state index in [1.54, 1.807) is 0 Å². The summed E-state index contributed by atoms with van der Waals surface area (Å²) in [7, 11) is 0. The van der Waals surface area contributed by atoms with Crippen molar-refractivity contribution in [1.29, 1.82) is 0 Å². The maximum absolute atomic E-state index is 6.33. The van der Waals surface area contributed by atoms with E-state index in [1.807, 2.05) is 36.0 Å². The van der Waals surface area contributed by atoms with Gasteiger partial charge in [0.25, 0.3) is 0 Å². The van der Waals surface area contributed by atoms with Crippen LogP contribution in [-0.2, 0) is 6.42 Å². The van der Waals surface area contributed by atoms with Crippen LogP contribution in [0.25, 0.3) is 5.69 Å². The van der Waals surface area contributed by atoms with Gasteiger partial charge in [-0.15, -0.1) is 0 Å². The molecule has 0 fully saturated rings. The SMILES string of the molecule is CC(N)Cc1ccc(-n2ccc(C(C)C)n2)c(Cl)c1. The standard InChI is InChI=1S/C15H20ClN3/c1-10(2)14-6-7-19(18-14)15-5-4-12(8-11(3)17)9-13(15)16/h4-7,9-11H,8,17H2,1-3H3. The second-order valence-electron chi connectivity index (χ2n) is 5.31. The number of rotatable bonds is 4. The maximum Gasteiger partial charge on any atom is 0.0832 e. The molecule has 0 aliphatic heterocycles. The average molecular weight is 278 g/mol. The molecule has 0 aliphatic rings. The van der Waals surface area contributed by atoms with Gasteiger partial charge < -0.3 is 5.73 Å². The van der Waals surface area contributed by atoms with Gasteiger partial charge in [0.2, 0.25) is 0 Å². The number of halogens is 1. The van der Waals surface area contributed by atoms with Gasteiger partial charge >= 0.3 is 0 Å². The minimum atomic E-state index is 0.138. The highest BCUT2D eigenvalue weighted by Crippen LogP contribution is 2.23. The number of nitrogens with zero attached hydrogens (tertiary/aromatic N) is 2. The Balaban J connectivity index is 2.29.